The molecule has 1 aliphatic heterocycles. The molecule has 1 aliphatic carbocycles. The van der Waals surface area contributed by atoms with Crippen LogP contribution in [0.4, 0.5) is 0 Å². The fourth-order valence-electron chi connectivity index (χ4n) is 3.16. The molecule has 0 amide bonds. The van der Waals surface area contributed by atoms with Crippen LogP contribution in [-0.4, -0.2) is 31.9 Å². The van der Waals surface area contributed by atoms with Crippen LogP contribution in [0.25, 0.3) is 0 Å². The summed E-state index contributed by atoms with van der Waals surface area (Å²) in [4.78, 5) is 0.430. The van der Waals surface area contributed by atoms with Crippen LogP contribution in [0.2, 0.25) is 0 Å². The van der Waals surface area contributed by atoms with E-state index in [1.54, 1.807) is 6.07 Å². The molecule has 2 unspecified atom stereocenters. The average molecular weight is 294 g/mol. The summed E-state index contributed by atoms with van der Waals surface area (Å²) < 4.78 is 26.9. The van der Waals surface area contributed by atoms with Gasteiger partial charge in [0.2, 0.25) is 10.0 Å². The molecule has 5 heteroatoms. The van der Waals surface area contributed by atoms with Gasteiger partial charge in [-0.15, -0.1) is 0 Å². The standard InChI is InChI=1S/C15H22N2O2S/c1-11-9-17(10-15(11)16)20(18,19)14-7-6-12-4-2-3-5-13(12)8-14/h6-8,11,15H,2-5,9-10,16H2,1H3. The molecule has 0 aromatic heterocycles. The van der Waals surface area contributed by atoms with Crippen molar-refractivity contribution in [1.29, 1.82) is 0 Å². The third-order valence-electron chi connectivity index (χ3n) is 4.59. The van der Waals surface area contributed by atoms with E-state index in [0.29, 0.717) is 18.0 Å². The van der Waals surface area contributed by atoms with Crippen LogP contribution < -0.4 is 5.73 Å². The van der Waals surface area contributed by atoms with Crippen LogP contribution in [0.1, 0.15) is 30.9 Å². The minimum atomic E-state index is -3.38. The van der Waals surface area contributed by atoms with Crippen molar-refractivity contribution in [3.05, 3.63) is 29.3 Å². The molecule has 1 saturated heterocycles. The summed E-state index contributed by atoms with van der Waals surface area (Å²) >= 11 is 0. The van der Waals surface area contributed by atoms with Gasteiger partial charge < -0.3 is 5.73 Å². The normalized spacial score (nSPS) is 27.5. The first-order valence-electron chi connectivity index (χ1n) is 7.36. The van der Waals surface area contributed by atoms with Crippen molar-refractivity contribution < 1.29 is 8.42 Å². The monoisotopic (exact) mass is 294 g/mol. The summed E-state index contributed by atoms with van der Waals surface area (Å²) in [5.74, 6) is 0.224. The first kappa shape index (κ1) is 14.0. The number of nitrogens with zero attached hydrogens (tertiary/aromatic N) is 1. The Hall–Kier alpha value is -0.910. The smallest absolute Gasteiger partial charge is 0.243 e. The van der Waals surface area contributed by atoms with Crippen molar-refractivity contribution in [2.24, 2.45) is 11.7 Å². The summed E-state index contributed by atoms with van der Waals surface area (Å²) in [6, 6.07) is 5.56. The van der Waals surface area contributed by atoms with Gasteiger partial charge in [-0.05, 0) is 54.9 Å². The van der Waals surface area contributed by atoms with Crippen molar-refractivity contribution in [2.45, 2.75) is 43.5 Å². The Morgan fingerprint density at radius 2 is 1.85 bits per heavy atom. The molecular formula is C15H22N2O2S. The number of benzene rings is 1. The summed E-state index contributed by atoms with van der Waals surface area (Å²) in [5.41, 5.74) is 8.46. The van der Waals surface area contributed by atoms with E-state index in [0.717, 1.165) is 19.3 Å². The number of rotatable bonds is 2. The van der Waals surface area contributed by atoms with Gasteiger partial charge in [-0.3, -0.25) is 0 Å². The molecule has 110 valence electrons. The second kappa shape index (κ2) is 5.13. The second-order valence-electron chi connectivity index (χ2n) is 6.10. The van der Waals surface area contributed by atoms with Gasteiger partial charge in [-0.2, -0.15) is 4.31 Å². The van der Waals surface area contributed by atoms with Crippen molar-refractivity contribution >= 4 is 10.0 Å². The number of nitrogens with two attached hydrogens (primary N) is 1. The van der Waals surface area contributed by atoms with Crippen LogP contribution in [0, 0.1) is 5.92 Å². The van der Waals surface area contributed by atoms with Crippen LogP contribution in [0.15, 0.2) is 23.1 Å². The van der Waals surface area contributed by atoms with Gasteiger partial charge in [0, 0.05) is 19.1 Å². The molecule has 1 heterocycles. The van der Waals surface area contributed by atoms with Gasteiger partial charge in [0.15, 0.2) is 0 Å². The van der Waals surface area contributed by atoms with Gasteiger partial charge in [-0.1, -0.05) is 13.0 Å². The van der Waals surface area contributed by atoms with Crippen LogP contribution in [0.3, 0.4) is 0 Å². The topological polar surface area (TPSA) is 63.4 Å². The Morgan fingerprint density at radius 1 is 1.15 bits per heavy atom. The molecule has 1 fully saturated rings. The molecular weight excluding hydrogens is 272 g/mol. The fraction of sp³-hybridized carbons (Fsp3) is 0.600. The molecule has 0 bridgehead atoms. The molecule has 1 aromatic carbocycles. The van der Waals surface area contributed by atoms with Crippen LogP contribution in [-0.2, 0) is 22.9 Å². The lowest BCUT2D eigenvalue weighted by molar-refractivity contribution is 0.464. The third-order valence-corrected chi connectivity index (χ3v) is 6.42. The molecule has 2 aliphatic rings. The Morgan fingerprint density at radius 3 is 2.50 bits per heavy atom. The number of fused-ring (bicyclic) bond motifs is 1. The highest BCUT2D eigenvalue weighted by molar-refractivity contribution is 7.89. The molecule has 1 aromatic rings. The van der Waals surface area contributed by atoms with Crippen molar-refractivity contribution in [3.8, 4) is 0 Å². The van der Waals surface area contributed by atoms with Crippen LogP contribution in [0.5, 0.6) is 0 Å². The lowest BCUT2D eigenvalue weighted by atomic mass is 9.92. The summed E-state index contributed by atoms with van der Waals surface area (Å²) in [6.45, 7) is 2.97. The van der Waals surface area contributed by atoms with Crippen LogP contribution >= 0.6 is 0 Å². The zero-order chi connectivity index (χ0) is 14.3. The van der Waals surface area contributed by atoms with E-state index in [1.165, 1.54) is 21.9 Å². The lowest BCUT2D eigenvalue weighted by Gasteiger charge is -2.20. The number of hydrogen-bond donors (Lipinski definition) is 1. The zero-order valence-corrected chi connectivity index (χ0v) is 12.7. The van der Waals surface area contributed by atoms with E-state index in [-0.39, 0.29) is 12.0 Å². The van der Waals surface area contributed by atoms with Crippen molar-refractivity contribution in [3.63, 3.8) is 0 Å². The summed E-state index contributed by atoms with van der Waals surface area (Å²) in [7, 11) is -3.38. The fourth-order valence-corrected chi connectivity index (χ4v) is 4.79. The quantitative estimate of drug-likeness (QED) is 0.900. The average Bonchev–Trinajstić information content (AvgIpc) is 2.79. The van der Waals surface area contributed by atoms with E-state index < -0.39 is 10.0 Å². The van der Waals surface area contributed by atoms with Gasteiger partial charge in [0.05, 0.1) is 4.90 Å². The predicted molar refractivity (Wildman–Crippen MR) is 79.0 cm³/mol. The van der Waals surface area contributed by atoms with Crippen molar-refractivity contribution in [2.75, 3.05) is 13.1 Å². The number of aryl methyl sites for hydroxylation is 2. The minimum absolute atomic E-state index is 0.0533. The predicted octanol–water partition coefficient (Wildman–Crippen LogP) is 1.53. The Kier molecular flexibility index (Phi) is 3.60. The summed E-state index contributed by atoms with van der Waals surface area (Å²) in [6.07, 6.45) is 4.43. The molecule has 0 radical (unpaired) electrons. The lowest BCUT2D eigenvalue weighted by Crippen LogP contribution is -2.32. The highest BCUT2D eigenvalue weighted by atomic mass is 32.2. The Bertz CT molecular complexity index is 602. The molecule has 2 atom stereocenters. The third kappa shape index (κ3) is 2.38. The maximum Gasteiger partial charge on any atom is 0.243 e. The van der Waals surface area contributed by atoms with Gasteiger partial charge in [-0.25, -0.2) is 8.42 Å². The molecule has 0 saturated carbocycles. The summed E-state index contributed by atoms with van der Waals surface area (Å²) in [5, 5.41) is 0. The largest absolute Gasteiger partial charge is 0.326 e. The van der Waals surface area contributed by atoms with E-state index in [4.69, 9.17) is 5.73 Å². The maximum atomic E-state index is 12.7. The minimum Gasteiger partial charge on any atom is -0.326 e. The number of sulfonamides is 1. The molecule has 4 nitrogen and oxygen atoms in total. The van der Waals surface area contributed by atoms with Gasteiger partial charge in [0.25, 0.3) is 0 Å². The van der Waals surface area contributed by atoms with Gasteiger partial charge >= 0.3 is 0 Å². The van der Waals surface area contributed by atoms with E-state index in [1.807, 2.05) is 19.1 Å². The highest BCUT2D eigenvalue weighted by Crippen LogP contribution is 2.28. The van der Waals surface area contributed by atoms with E-state index >= 15 is 0 Å². The SMILES string of the molecule is CC1CN(S(=O)(=O)c2ccc3c(c2)CCCC3)CC1N. The molecule has 2 N–H and O–H groups in total. The molecule has 3 rings (SSSR count). The number of hydrogen-bond acceptors (Lipinski definition) is 3. The van der Waals surface area contributed by atoms with Gasteiger partial charge in [0.1, 0.15) is 0 Å². The Balaban J connectivity index is 1.92. The second-order valence-corrected chi connectivity index (χ2v) is 8.04. The molecule has 20 heavy (non-hydrogen) atoms. The highest BCUT2D eigenvalue weighted by Gasteiger charge is 2.35. The first-order chi connectivity index (χ1) is 9.48. The first-order valence-corrected chi connectivity index (χ1v) is 8.80. The van der Waals surface area contributed by atoms with E-state index in [9.17, 15) is 8.42 Å². The molecule has 0 spiro atoms. The van der Waals surface area contributed by atoms with Crippen molar-refractivity contribution in [1.82, 2.24) is 4.31 Å². The Labute approximate surface area is 121 Å². The zero-order valence-electron chi connectivity index (χ0n) is 11.9. The maximum absolute atomic E-state index is 12.7. The van der Waals surface area contributed by atoms with E-state index in [2.05, 4.69) is 0 Å².